The van der Waals surface area contributed by atoms with E-state index in [-0.39, 0.29) is 17.0 Å². The molecule has 6 nitrogen and oxygen atoms in total. The number of hydrogen-bond acceptors (Lipinski definition) is 5. The first-order valence-corrected chi connectivity index (χ1v) is 7.45. The van der Waals surface area contributed by atoms with Gasteiger partial charge >= 0.3 is 5.97 Å². The number of hydrogen-bond donors (Lipinski definition) is 1. The number of β-lactam (4-membered cyclic amide) rings is 1. The van der Waals surface area contributed by atoms with Crippen LogP contribution in [0.1, 0.15) is 5.69 Å². The molecule has 0 spiro atoms. The van der Waals surface area contributed by atoms with E-state index in [1.54, 1.807) is 12.3 Å². The predicted octanol–water partition coefficient (Wildman–Crippen LogP) is 1.85. The lowest BCUT2D eigenvalue weighted by molar-refractivity contribution is -0.141. The zero-order valence-electron chi connectivity index (χ0n) is 11.1. The van der Waals surface area contributed by atoms with E-state index in [1.165, 1.54) is 22.1 Å². The van der Waals surface area contributed by atoms with Gasteiger partial charge in [0.15, 0.2) is 0 Å². The first-order valence-electron chi connectivity index (χ1n) is 6.51. The Balaban J connectivity index is 1.67. The molecule has 0 bridgehead atoms. The van der Waals surface area contributed by atoms with Gasteiger partial charge < -0.3 is 5.11 Å². The molecule has 0 aliphatic carbocycles. The van der Waals surface area contributed by atoms with Gasteiger partial charge in [-0.3, -0.25) is 14.7 Å². The molecule has 4 rings (SSSR count). The van der Waals surface area contributed by atoms with Crippen LogP contribution in [-0.4, -0.2) is 37.2 Å². The monoisotopic (exact) mass is 311 g/mol. The van der Waals surface area contributed by atoms with E-state index < -0.39 is 5.97 Å². The number of carbonyl (C=O) groups is 2. The maximum Gasteiger partial charge on any atom is 0.353 e. The molecule has 1 aromatic heterocycles. The molecular formula is C15H9N3O3S. The second-order valence-electron chi connectivity index (χ2n) is 4.86. The lowest BCUT2D eigenvalue weighted by atomic mass is 10.0. The van der Waals surface area contributed by atoms with Crippen molar-refractivity contribution in [3.05, 3.63) is 52.8 Å². The molecule has 3 heterocycles. The summed E-state index contributed by atoms with van der Waals surface area (Å²) >= 11 is 1.31. The van der Waals surface area contributed by atoms with Crippen LogP contribution in [0.4, 0.5) is 0 Å². The summed E-state index contributed by atoms with van der Waals surface area (Å²) < 4.78 is 0. The summed E-state index contributed by atoms with van der Waals surface area (Å²) in [4.78, 5) is 33.2. The highest BCUT2D eigenvalue weighted by Gasteiger charge is 2.49. The van der Waals surface area contributed by atoms with Gasteiger partial charge in [0.2, 0.25) is 0 Å². The van der Waals surface area contributed by atoms with E-state index >= 15 is 0 Å². The molecule has 1 atom stereocenters. The molecule has 1 saturated heterocycles. The van der Waals surface area contributed by atoms with Crippen LogP contribution in [0.5, 0.6) is 0 Å². The lowest BCUT2D eigenvalue weighted by Gasteiger charge is -2.37. The Morgan fingerprint density at radius 2 is 2.09 bits per heavy atom. The van der Waals surface area contributed by atoms with Crippen LogP contribution in [-0.2, 0) is 9.59 Å². The third-order valence-electron chi connectivity index (χ3n) is 3.52. The van der Waals surface area contributed by atoms with Crippen LogP contribution in [0.3, 0.4) is 0 Å². The van der Waals surface area contributed by atoms with Crippen molar-refractivity contribution >= 4 is 40.7 Å². The normalized spacial score (nSPS) is 21.7. The van der Waals surface area contributed by atoms with Crippen LogP contribution < -0.4 is 0 Å². The number of thioether (sulfide) groups is 1. The minimum Gasteiger partial charge on any atom is -0.477 e. The zero-order chi connectivity index (χ0) is 15.3. The van der Waals surface area contributed by atoms with Gasteiger partial charge in [0, 0.05) is 5.41 Å². The van der Waals surface area contributed by atoms with Crippen molar-refractivity contribution in [2.24, 2.45) is 0 Å². The van der Waals surface area contributed by atoms with Gasteiger partial charge in [-0.05, 0) is 18.2 Å². The minimum atomic E-state index is -1.09. The summed E-state index contributed by atoms with van der Waals surface area (Å²) in [5, 5.41) is 10.3. The molecule has 22 heavy (non-hydrogen) atoms. The highest BCUT2D eigenvalue weighted by Crippen LogP contribution is 2.44. The smallest absolute Gasteiger partial charge is 0.353 e. The van der Waals surface area contributed by atoms with Crippen molar-refractivity contribution in [1.82, 2.24) is 14.9 Å². The minimum absolute atomic E-state index is 0.0294. The number of nitrogens with zero attached hydrogens (tertiary/aromatic N) is 3. The Morgan fingerprint density at radius 1 is 1.32 bits per heavy atom. The van der Waals surface area contributed by atoms with E-state index in [4.69, 9.17) is 5.11 Å². The summed E-state index contributed by atoms with van der Waals surface area (Å²) in [6.07, 6.45) is 3.28. The van der Waals surface area contributed by atoms with Crippen molar-refractivity contribution in [2.75, 3.05) is 0 Å². The topological polar surface area (TPSA) is 83.4 Å². The molecule has 7 heteroatoms. The number of carboxylic acid groups (broad SMARTS) is 1. The number of carboxylic acids is 1. The number of aromatic nitrogens is 2. The van der Waals surface area contributed by atoms with Crippen LogP contribution in [0, 0.1) is 0 Å². The number of fused-ring (bicyclic) bond motifs is 2. The Kier molecular flexibility index (Phi) is 2.77. The van der Waals surface area contributed by atoms with Crippen molar-refractivity contribution in [3.8, 4) is 0 Å². The quantitative estimate of drug-likeness (QED) is 0.673. The first-order chi connectivity index (χ1) is 10.6. The van der Waals surface area contributed by atoms with E-state index in [1.807, 2.05) is 24.3 Å². The van der Waals surface area contributed by atoms with E-state index in [9.17, 15) is 9.59 Å². The lowest BCUT2D eigenvalue weighted by Crippen LogP contribution is -2.51. The van der Waals surface area contributed by atoms with Crippen LogP contribution >= 0.6 is 11.8 Å². The van der Waals surface area contributed by atoms with Gasteiger partial charge in [-0.25, -0.2) is 9.78 Å². The van der Waals surface area contributed by atoms with Crippen LogP contribution in [0.25, 0.3) is 17.1 Å². The number of para-hydroxylation sites is 2. The fourth-order valence-corrected chi connectivity index (χ4v) is 3.59. The second-order valence-corrected chi connectivity index (χ2v) is 5.81. The molecule has 0 saturated carbocycles. The number of aliphatic carboxylic acids is 1. The van der Waals surface area contributed by atoms with Crippen molar-refractivity contribution in [3.63, 3.8) is 0 Å². The molecule has 1 aromatic carbocycles. The Bertz CT molecular complexity index is 890. The van der Waals surface area contributed by atoms with Gasteiger partial charge in [-0.1, -0.05) is 12.1 Å². The Labute approximate surface area is 129 Å². The van der Waals surface area contributed by atoms with Gasteiger partial charge in [-0.15, -0.1) is 11.8 Å². The van der Waals surface area contributed by atoms with Gasteiger partial charge in [0.25, 0.3) is 5.91 Å². The van der Waals surface area contributed by atoms with E-state index in [0.717, 1.165) is 11.0 Å². The molecular weight excluding hydrogens is 302 g/mol. The third-order valence-corrected chi connectivity index (χ3v) is 4.61. The molecule has 2 aliphatic rings. The fraction of sp³-hybridized carbons (Fsp3) is 0.0667. The molecule has 1 amide bonds. The average molecular weight is 311 g/mol. The van der Waals surface area contributed by atoms with Crippen molar-refractivity contribution in [1.29, 1.82) is 0 Å². The summed E-state index contributed by atoms with van der Waals surface area (Å²) in [6.45, 7) is 0. The van der Waals surface area contributed by atoms with Crippen molar-refractivity contribution in [2.45, 2.75) is 5.37 Å². The summed E-state index contributed by atoms with van der Waals surface area (Å²) in [5.74, 6) is -1.38. The SMILES string of the molecule is O=C(O)C1=CS[C@H]2C(=Cc3cnc4ccccc4n3)C(=O)N12. The van der Waals surface area contributed by atoms with Crippen LogP contribution in [0.15, 0.2) is 47.1 Å². The second kappa shape index (κ2) is 4.67. The van der Waals surface area contributed by atoms with Gasteiger partial charge in [-0.2, -0.15) is 0 Å². The molecule has 1 fully saturated rings. The molecule has 1 N–H and O–H groups in total. The number of benzene rings is 1. The maximum atomic E-state index is 12.1. The Hall–Kier alpha value is -2.67. The maximum absolute atomic E-state index is 12.1. The molecule has 0 radical (unpaired) electrons. The largest absolute Gasteiger partial charge is 0.477 e. The van der Waals surface area contributed by atoms with Crippen molar-refractivity contribution < 1.29 is 14.7 Å². The van der Waals surface area contributed by atoms with Gasteiger partial charge in [0.05, 0.1) is 28.5 Å². The fourth-order valence-electron chi connectivity index (χ4n) is 2.47. The zero-order valence-corrected chi connectivity index (χ0v) is 11.9. The number of amides is 1. The predicted molar refractivity (Wildman–Crippen MR) is 81.5 cm³/mol. The van der Waals surface area contributed by atoms with E-state index in [2.05, 4.69) is 9.97 Å². The average Bonchev–Trinajstić information content (AvgIpc) is 2.93. The molecule has 108 valence electrons. The summed E-state index contributed by atoms with van der Waals surface area (Å²) in [5.41, 5.74) is 2.70. The van der Waals surface area contributed by atoms with Crippen LogP contribution in [0.2, 0.25) is 0 Å². The Morgan fingerprint density at radius 3 is 2.86 bits per heavy atom. The standard InChI is InChI=1S/C15H9N3O3S/c19-13-9(14-18(13)12(7-22-14)15(20)21)5-8-6-16-10-3-1-2-4-11(10)17-8/h1-7,14H,(H,20,21)/t14-/m0/s1. The highest BCUT2D eigenvalue weighted by molar-refractivity contribution is 8.03. The molecule has 0 unspecified atom stereocenters. The third kappa shape index (κ3) is 1.82. The first kappa shape index (κ1) is 13.0. The van der Waals surface area contributed by atoms with E-state index in [0.29, 0.717) is 11.3 Å². The number of rotatable bonds is 2. The molecule has 2 aromatic rings. The number of carbonyl (C=O) groups excluding carboxylic acids is 1. The highest BCUT2D eigenvalue weighted by atomic mass is 32.2. The summed E-state index contributed by atoms with van der Waals surface area (Å²) in [6, 6.07) is 7.48. The summed E-state index contributed by atoms with van der Waals surface area (Å²) in [7, 11) is 0. The van der Waals surface area contributed by atoms with Gasteiger partial charge in [0.1, 0.15) is 11.1 Å². The molecule has 2 aliphatic heterocycles.